The number of ether oxygens (including phenoxy) is 1. The highest BCUT2D eigenvalue weighted by Crippen LogP contribution is 2.34. The number of nitrogens with one attached hydrogen (secondary N) is 1. The van der Waals surface area contributed by atoms with Crippen molar-refractivity contribution in [2.75, 3.05) is 12.8 Å². The van der Waals surface area contributed by atoms with Crippen LogP contribution in [-0.2, 0) is 0 Å². The Balaban J connectivity index is 2.57. The Labute approximate surface area is 110 Å². The second-order valence-corrected chi connectivity index (χ2v) is 4.33. The van der Waals surface area contributed by atoms with Crippen molar-refractivity contribution in [2.24, 2.45) is 0 Å². The second kappa shape index (κ2) is 4.63. The molecule has 0 bridgehead atoms. The minimum absolute atomic E-state index is 0.360. The summed E-state index contributed by atoms with van der Waals surface area (Å²) < 4.78 is 5.15. The van der Waals surface area contributed by atoms with E-state index < -0.39 is 0 Å². The lowest BCUT2D eigenvalue weighted by atomic mass is 10.1. The van der Waals surface area contributed by atoms with Crippen molar-refractivity contribution in [2.45, 2.75) is 6.92 Å². The molecule has 0 fully saturated rings. The number of rotatable bonds is 2. The minimum Gasteiger partial charge on any atom is -0.495 e. The highest BCUT2D eigenvalue weighted by molar-refractivity contribution is 6.32. The molecule has 0 saturated carbocycles. The Morgan fingerprint density at radius 1 is 1.39 bits per heavy atom. The third-order valence-electron chi connectivity index (χ3n) is 2.76. The molecule has 0 aliphatic carbocycles. The molecule has 0 aliphatic rings. The molecular formula is C13H12ClN3O. The number of halogens is 1. The van der Waals surface area contributed by atoms with E-state index in [-0.39, 0.29) is 0 Å². The molecule has 18 heavy (non-hydrogen) atoms. The van der Waals surface area contributed by atoms with Crippen LogP contribution in [0.4, 0.5) is 5.82 Å². The van der Waals surface area contributed by atoms with Gasteiger partial charge in [-0.2, -0.15) is 5.26 Å². The summed E-state index contributed by atoms with van der Waals surface area (Å²) in [5.41, 5.74) is 8.78. The normalized spacial score (nSPS) is 10.1. The van der Waals surface area contributed by atoms with E-state index in [1.807, 2.05) is 19.1 Å². The van der Waals surface area contributed by atoms with E-state index in [9.17, 15) is 0 Å². The van der Waals surface area contributed by atoms with E-state index in [1.54, 1.807) is 19.2 Å². The van der Waals surface area contributed by atoms with Gasteiger partial charge in [-0.05, 0) is 30.7 Å². The van der Waals surface area contributed by atoms with E-state index in [0.717, 1.165) is 16.8 Å². The first-order chi connectivity index (χ1) is 8.56. The van der Waals surface area contributed by atoms with Gasteiger partial charge in [0.2, 0.25) is 0 Å². The van der Waals surface area contributed by atoms with Gasteiger partial charge in [-0.15, -0.1) is 0 Å². The fourth-order valence-corrected chi connectivity index (χ4v) is 2.05. The van der Waals surface area contributed by atoms with Crippen molar-refractivity contribution in [3.05, 3.63) is 34.3 Å². The van der Waals surface area contributed by atoms with Crippen molar-refractivity contribution in [1.29, 1.82) is 5.26 Å². The SMILES string of the molecule is COc1cc(C)c(-c2cc(C#N)c(N)[nH]2)cc1Cl. The number of H-pyrrole nitrogens is 1. The largest absolute Gasteiger partial charge is 0.495 e. The van der Waals surface area contributed by atoms with Crippen LogP contribution in [0.2, 0.25) is 5.02 Å². The lowest BCUT2D eigenvalue weighted by Gasteiger charge is -2.08. The molecule has 0 amide bonds. The molecule has 2 aromatic rings. The number of nitrogen functional groups attached to an aromatic ring is 1. The zero-order valence-corrected chi connectivity index (χ0v) is 10.8. The smallest absolute Gasteiger partial charge is 0.137 e. The van der Waals surface area contributed by atoms with Gasteiger partial charge in [-0.1, -0.05) is 11.6 Å². The molecule has 0 spiro atoms. The number of nitrogens with zero attached hydrogens (tertiary/aromatic N) is 1. The molecule has 1 aromatic carbocycles. The molecule has 92 valence electrons. The van der Waals surface area contributed by atoms with Crippen LogP contribution in [0.5, 0.6) is 5.75 Å². The summed E-state index contributed by atoms with van der Waals surface area (Å²) in [7, 11) is 1.57. The fraction of sp³-hybridized carbons (Fsp3) is 0.154. The zero-order chi connectivity index (χ0) is 13.3. The average molecular weight is 262 g/mol. The molecule has 1 aromatic heterocycles. The third-order valence-corrected chi connectivity index (χ3v) is 3.05. The Bertz CT molecular complexity index is 640. The third kappa shape index (κ3) is 2.01. The van der Waals surface area contributed by atoms with Crippen LogP contribution in [0.15, 0.2) is 18.2 Å². The minimum atomic E-state index is 0.360. The Kier molecular flexibility index (Phi) is 3.17. The van der Waals surface area contributed by atoms with Crippen LogP contribution < -0.4 is 10.5 Å². The number of hydrogen-bond donors (Lipinski definition) is 2. The van der Waals surface area contributed by atoms with Crippen LogP contribution >= 0.6 is 11.6 Å². The molecule has 3 N–H and O–H groups in total. The monoisotopic (exact) mass is 261 g/mol. The van der Waals surface area contributed by atoms with Crippen LogP contribution in [0.25, 0.3) is 11.3 Å². The van der Waals surface area contributed by atoms with Gasteiger partial charge in [0.1, 0.15) is 17.6 Å². The van der Waals surface area contributed by atoms with Gasteiger partial charge in [0.25, 0.3) is 0 Å². The maximum atomic E-state index is 8.89. The number of nitriles is 1. The van der Waals surface area contributed by atoms with Gasteiger partial charge in [0, 0.05) is 11.3 Å². The van der Waals surface area contributed by atoms with Crippen molar-refractivity contribution in [3.8, 4) is 23.1 Å². The lowest BCUT2D eigenvalue weighted by molar-refractivity contribution is 0.415. The molecule has 0 unspecified atom stereocenters. The van der Waals surface area contributed by atoms with Gasteiger partial charge in [0.15, 0.2) is 0 Å². The van der Waals surface area contributed by atoms with Gasteiger partial charge in [-0.25, -0.2) is 0 Å². The molecule has 2 rings (SSSR count). The lowest BCUT2D eigenvalue weighted by Crippen LogP contribution is -1.90. The van der Waals surface area contributed by atoms with Crippen LogP contribution in [0.1, 0.15) is 11.1 Å². The number of aromatic amines is 1. The molecule has 0 atom stereocenters. The van der Waals surface area contributed by atoms with Crippen LogP contribution in [0.3, 0.4) is 0 Å². The van der Waals surface area contributed by atoms with Gasteiger partial charge < -0.3 is 15.5 Å². The summed E-state index contributed by atoms with van der Waals surface area (Å²) in [6, 6.07) is 7.38. The summed E-state index contributed by atoms with van der Waals surface area (Å²) in [4.78, 5) is 2.97. The van der Waals surface area contributed by atoms with Crippen molar-refractivity contribution in [1.82, 2.24) is 4.98 Å². The number of anilines is 1. The van der Waals surface area contributed by atoms with Crippen molar-refractivity contribution < 1.29 is 4.74 Å². The van der Waals surface area contributed by atoms with Gasteiger partial charge >= 0.3 is 0 Å². The zero-order valence-electron chi connectivity index (χ0n) is 10.0. The quantitative estimate of drug-likeness (QED) is 0.872. The van der Waals surface area contributed by atoms with E-state index in [1.165, 1.54) is 0 Å². The van der Waals surface area contributed by atoms with Crippen LogP contribution in [0, 0.1) is 18.3 Å². The molecule has 0 saturated heterocycles. The van der Waals surface area contributed by atoms with Crippen molar-refractivity contribution >= 4 is 17.4 Å². The summed E-state index contributed by atoms with van der Waals surface area (Å²) >= 11 is 6.10. The number of methoxy groups -OCH3 is 1. The number of aryl methyl sites for hydroxylation is 1. The first kappa shape index (κ1) is 12.3. The Hall–Kier alpha value is -2.12. The standard InChI is InChI=1S/C13H12ClN3O/c1-7-3-12(18-2)10(14)5-9(7)11-4-8(6-15)13(16)17-11/h3-5,17H,16H2,1-2H3. The number of hydrogen-bond acceptors (Lipinski definition) is 3. The first-order valence-electron chi connectivity index (χ1n) is 5.30. The number of aromatic nitrogens is 1. The van der Waals surface area contributed by atoms with E-state index >= 15 is 0 Å². The van der Waals surface area contributed by atoms with Crippen LogP contribution in [-0.4, -0.2) is 12.1 Å². The Morgan fingerprint density at radius 3 is 2.67 bits per heavy atom. The summed E-state index contributed by atoms with van der Waals surface area (Å²) in [5.74, 6) is 0.983. The van der Waals surface area contributed by atoms with Crippen molar-refractivity contribution in [3.63, 3.8) is 0 Å². The number of benzene rings is 1. The maximum Gasteiger partial charge on any atom is 0.137 e. The predicted octanol–water partition coefficient (Wildman–Crippen LogP) is 3.11. The van der Waals surface area contributed by atoms with E-state index in [0.29, 0.717) is 22.2 Å². The number of nitrogens with two attached hydrogens (primary N) is 1. The molecule has 0 radical (unpaired) electrons. The first-order valence-corrected chi connectivity index (χ1v) is 5.67. The molecule has 5 heteroatoms. The fourth-order valence-electron chi connectivity index (χ4n) is 1.81. The van der Waals surface area contributed by atoms with E-state index in [2.05, 4.69) is 4.98 Å². The van der Waals surface area contributed by atoms with Gasteiger partial charge in [0.05, 0.1) is 17.7 Å². The summed E-state index contributed by atoms with van der Waals surface area (Å²) in [6.45, 7) is 1.94. The molecule has 0 aliphatic heterocycles. The molecule has 1 heterocycles. The average Bonchev–Trinajstić information content (AvgIpc) is 2.72. The summed E-state index contributed by atoms with van der Waals surface area (Å²) in [5, 5.41) is 9.41. The summed E-state index contributed by atoms with van der Waals surface area (Å²) in [6.07, 6.45) is 0. The van der Waals surface area contributed by atoms with E-state index in [4.69, 9.17) is 27.3 Å². The highest BCUT2D eigenvalue weighted by Gasteiger charge is 2.12. The maximum absolute atomic E-state index is 8.89. The molecular weight excluding hydrogens is 250 g/mol. The Morgan fingerprint density at radius 2 is 2.11 bits per heavy atom. The topological polar surface area (TPSA) is 74.8 Å². The highest BCUT2D eigenvalue weighted by atomic mass is 35.5. The predicted molar refractivity (Wildman–Crippen MR) is 71.7 cm³/mol. The molecule has 4 nitrogen and oxygen atoms in total. The van der Waals surface area contributed by atoms with Gasteiger partial charge in [-0.3, -0.25) is 0 Å². The second-order valence-electron chi connectivity index (χ2n) is 3.92.